The number of rotatable bonds is 8. The molecule has 0 aliphatic carbocycles. The quantitative estimate of drug-likeness (QED) is 0.371. The Morgan fingerprint density at radius 2 is 2.03 bits per heavy atom. The Bertz CT molecular complexity index is 1130. The van der Waals surface area contributed by atoms with Gasteiger partial charge in [-0.15, -0.1) is 31.7 Å². The Balaban J connectivity index is 1.53. The van der Waals surface area contributed by atoms with Gasteiger partial charge in [0.2, 0.25) is 17.7 Å². The van der Waals surface area contributed by atoms with Gasteiger partial charge in [-0.1, -0.05) is 30.0 Å². The molecule has 0 spiro atoms. The molecule has 0 saturated heterocycles. The number of hydrogen-bond acceptors (Lipinski definition) is 8. The molecule has 0 aliphatic rings. The standard InChI is InChI=1S/C18H15BrN6O2S2/c19-12-5-2-1-4-11(12)17-23-21-15(27-17)10-29-18-24-22-16(13-6-3-9-28-13)25(18)8-7-14(20)26/h1-6,9H,7-8,10H2,(H2,20,26). The number of thioether (sulfide) groups is 1. The Hall–Kier alpha value is -2.50. The number of carbonyl (C=O) groups excluding carboxylic acids is 1. The first-order chi connectivity index (χ1) is 14.1. The van der Waals surface area contributed by atoms with Crippen LogP contribution in [-0.4, -0.2) is 30.9 Å². The third-order valence-corrected chi connectivity index (χ3v) is 6.44. The molecule has 0 unspecified atom stereocenters. The molecule has 0 atom stereocenters. The van der Waals surface area contributed by atoms with E-state index < -0.39 is 0 Å². The molecule has 1 amide bonds. The van der Waals surface area contributed by atoms with Gasteiger partial charge < -0.3 is 14.7 Å². The molecule has 4 aromatic rings. The molecule has 0 fully saturated rings. The van der Waals surface area contributed by atoms with Gasteiger partial charge in [0.05, 0.1) is 16.2 Å². The first kappa shape index (κ1) is 19.8. The van der Waals surface area contributed by atoms with Crippen LogP contribution in [0.4, 0.5) is 0 Å². The Morgan fingerprint density at radius 1 is 1.17 bits per heavy atom. The summed E-state index contributed by atoms with van der Waals surface area (Å²) in [4.78, 5) is 12.2. The monoisotopic (exact) mass is 490 g/mol. The largest absolute Gasteiger partial charge is 0.420 e. The topological polar surface area (TPSA) is 113 Å². The minimum absolute atomic E-state index is 0.205. The summed E-state index contributed by atoms with van der Waals surface area (Å²) >= 11 is 6.46. The SMILES string of the molecule is NC(=O)CCn1c(SCc2nnc(-c3ccccc3Br)o2)nnc1-c1cccs1. The minimum atomic E-state index is -0.373. The van der Waals surface area contributed by atoms with Crippen molar-refractivity contribution in [1.29, 1.82) is 0 Å². The fraction of sp³-hybridized carbons (Fsp3) is 0.167. The van der Waals surface area contributed by atoms with Gasteiger partial charge in [0.1, 0.15) is 0 Å². The molecule has 8 nitrogen and oxygen atoms in total. The molecular weight excluding hydrogens is 476 g/mol. The molecule has 29 heavy (non-hydrogen) atoms. The molecule has 0 radical (unpaired) electrons. The summed E-state index contributed by atoms with van der Waals surface area (Å²) in [7, 11) is 0. The highest BCUT2D eigenvalue weighted by Crippen LogP contribution is 2.30. The van der Waals surface area contributed by atoms with Crippen LogP contribution in [-0.2, 0) is 17.1 Å². The van der Waals surface area contributed by atoms with Crippen LogP contribution in [0.5, 0.6) is 0 Å². The molecule has 0 saturated carbocycles. The van der Waals surface area contributed by atoms with Crippen molar-refractivity contribution in [2.45, 2.75) is 23.9 Å². The Labute approximate surface area is 182 Å². The number of benzene rings is 1. The van der Waals surface area contributed by atoms with Gasteiger partial charge in [0.15, 0.2) is 11.0 Å². The number of primary amides is 1. The fourth-order valence-electron chi connectivity index (χ4n) is 2.59. The van der Waals surface area contributed by atoms with Crippen molar-refractivity contribution < 1.29 is 9.21 Å². The number of carbonyl (C=O) groups is 1. The second-order valence-corrected chi connectivity index (χ2v) is 8.67. The van der Waals surface area contributed by atoms with E-state index >= 15 is 0 Å². The molecular formula is C18H15BrN6O2S2. The van der Waals surface area contributed by atoms with Crippen LogP contribution >= 0.6 is 39.0 Å². The van der Waals surface area contributed by atoms with Gasteiger partial charge >= 0.3 is 0 Å². The van der Waals surface area contributed by atoms with E-state index in [0.29, 0.717) is 35.1 Å². The lowest BCUT2D eigenvalue weighted by Gasteiger charge is -2.07. The molecule has 11 heteroatoms. The second-order valence-electron chi connectivity index (χ2n) is 5.92. The van der Waals surface area contributed by atoms with Gasteiger partial charge in [0.25, 0.3) is 0 Å². The summed E-state index contributed by atoms with van der Waals surface area (Å²) in [5.41, 5.74) is 6.16. The number of amides is 1. The third-order valence-electron chi connectivity index (χ3n) is 3.94. The summed E-state index contributed by atoms with van der Waals surface area (Å²) in [6.07, 6.45) is 0.205. The zero-order valence-corrected chi connectivity index (χ0v) is 18.2. The number of nitrogens with zero attached hydrogens (tertiary/aromatic N) is 5. The summed E-state index contributed by atoms with van der Waals surface area (Å²) in [6, 6.07) is 11.6. The van der Waals surface area contributed by atoms with Gasteiger partial charge in [-0.3, -0.25) is 4.79 Å². The van der Waals surface area contributed by atoms with E-state index in [-0.39, 0.29) is 12.3 Å². The van der Waals surface area contributed by atoms with Crippen LogP contribution in [0, 0.1) is 0 Å². The van der Waals surface area contributed by atoms with Crippen molar-refractivity contribution in [2.75, 3.05) is 0 Å². The average molecular weight is 491 g/mol. The maximum absolute atomic E-state index is 11.3. The minimum Gasteiger partial charge on any atom is -0.420 e. The van der Waals surface area contributed by atoms with E-state index in [9.17, 15) is 4.79 Å². The van der Waals surface area contributed by atoms with Gasteiger partial charge in [0, 0.05) is 17.4 Å². The summed E-state index contributed by atoms with van der Waals surface area (Å²) in [5.74, 6) is 1.69. The summed E-state index contributed by atoms with van der Waals surface area (Å²) in [5, 5.41) is 19.4. The first-order valence-electron chi connectivity index (χ1n) is 8.57. The smallest absolute Gasteiger partial charge is 0.248 e. The van der Waals surface area contributed by atoms with Crippen molar-refractivity contribution >= 4 is 44.9 Å². The molecule has 2 N–H and O–H groups in total. The first-order valence-corrected chi connectivity index (χ1v) is 11.2. The molecule has 148 valence electrons. The van der Waals surface area contributed by atoms with E-state index in [2.05, 4.69) is 36.3 Å². The number of thiophene rings is 1. The van der Waals surface area contributed by atoms with E-state index in [1.54, 1.807) is 11.3 Å². The van der Waals surface area contributed by atoms with E-state index in [1.807, 2.05) is 46.3 Å². The van der Waals surface area contributed by atoms with Crippen LogP contribution in [0.1, 0.15) is 12.3 Å². The van der Waals surface area contributed by atoms with Crippen LogP contribution in [0.25, 0.3) is 22.2 Å². The van der Waals surface area contributed by atoms with Gasteiger partial charge in [-0.2, -0.15) is 0 Å². The number of nitrogens with two attached hydrogens (primary N) is 1. The highest BCUT2D eigenvalue weighted by atomic mass is 79.9. The van der Waals surface area contributed by atoms with Crippen LogP contribution in [0.3, 0.4) is 0 Å². The number of hydrogen-bond donors (Lipinski definition) is 1. The molecule has 4 rings (SSSR count). The molecule has 0 aliphatic heterocycles. The molecule has 0 bridgehead atoms. The Morgan fingerprint density at radius 3 is 2.79 bits per heavy atom. The number of halogens is 1. The zero-order valence-electron chi connectivity index (χ0n) is 15.0. The highest BCUT2D eigenvalue weighted by molar-refractivity contribution is 9.10. The second kappa shape index (κ2) is 8.89. The lowest BCUT2D eigenvalue weighted by molar-refractivity contribution is -0.118. The van der Waals surface area contributed by atoms with Crippen molar-refractivity contribution in [3.8, 4) is 22.2 Å². The maximum atomic E-state index is 11.3. The lowest BCUT2D eigenvalue weighted by atomic mass is 10.2. The summed E-state index contributed by atoms with van der Waals surface area (Å²) in [6.45, 7) is 0.407. The number of aromatic nitrogens is 5. The maximum Gasteiger partial charge on any atom is 0.248 e. The molecule has 1 aromatic carbocycles. The van der Waals surface area contributed by atoms with Crippen molar-refractivity contribution in [1.82, 2.24) is 25.0 Å². The predicted molar refractivity (Wildman–Crippen MR) is 114 cm³/mol. The molecule has 3 heterocycles. The predicted octanol–water partition coefficient (Wildman–Crippen LogP) is 3.99. The van der Waals surface area contributed by atoms with Gasteiger partial charge in [-0.05, 0) is 39.5 Å². The fourth-order valence-corrected chi connectivity index (χ4v) is 4.56. The van der Waals surface area contributed by atoms with Crippen molar-refractivity contribution in [2.24, 2.45) is 5.73 Å². The van der Waals surface area contributed by atoms with Crippen molar-refractivity contribution in [3.05, 3.63) is 52.1 Å². The van der Waals surface area contributed by atoms with E-state index in [4.69, 9.17) is 10.2 Å². The van der Waals surface area contributed by atoms with Gasteiger partial charge in [-0.25, -0.2) is 0 Å². The lowest BCUT2D eigenvalue weighted by Crippen LogP contribution is -2.14. The van der Waals surface area contributed by atoms with Crippen LogP contribution in [0.2, 0.25) is 0 Å². The van der Waals surface area contributed by atoms with E-state index in [0.717, 1.165) is 14.9 Å². The molecule has 3 aromatic heterocycles. The van der Waals surface area contributed by atoms with E-state index in [1.165, 1.54) is 11.8 Å². The van der Waals surface area contributed by atoms with Crippen LogP contribution in [0.15, 0.2) is 55.8 Å². The van der Waals surface area contributed by atoms with Crippen LogP contribution < -0.4 is 5.73 Å². The summed E-state index contributed by atoms with van der Waals surface area (Å²) < 4.78 is 8.57. The Kier molecular flexibility index (Phi) is 6.07. The van der Waals surface area contributed by atoms with Crippen molar-refractivity contribution in [3.63, 3.8) is 0 Å². The highest BCUT2D eigenvalue weighted by Gasteiger charge is 2.18. The zero-order chi connectivity index (χ0) is 20.2. The normalized spacial score (nSPS) is 11.1. The average Bonchev–Trinajstić information content (AvgIpc) is 3.45. The third kappa shape index (κ3) is 4.57.